The van der Waals surface area contributed by atoms with Gasteiger partial charge in [-0.2, -0.15) is 5.26 Å². The number of likely N-dealkylation sites (N-methyl/N-ethyl adjacent to an activating group) is 1. The van der Waals surface area contributed by atoms with Crippen LogP contribution in [0.1, 0.15) is 45.7 Å². The van der Waals surface area contributed by atoms with Crippen LogP contribution >= 0.6 is 11.3 Å². The Labute approximate surface area is 141 Å². The quantitative estimate of drug-likeness (QED) is 0.917. The van der Waals surface area contributed by atoms with Gasteiger partial charge in [0.25, 0.3) is 0 Å². The Morgan fingerprint density at radius 3 is 2.74 bits per heavy atom. The summed E-state index contributed by atoms with van der Waals surface area (Å²) in [5.41, 5.74) is 2.74. The van der Waals surface area contributed by atoms with E-state index in [9.17, 15) is 5.11 Å². The number of nitriles is 1. The van der Waals surface area contributed by atoms with Crippen LogP contribution < -0.4 is 0 Å². The summed E-state index contributed by atoms with van der Waals surface area (Å²) in [6.07, 6.45) is 4.27. The molecule has 2 aromatic rings. The molecule has 0 saturated heterocycles. The number of hydrogen-bond acceptors (Lipinski definition) is 5. The van der Waals surface area contributed by atoms with E-state index in [1.807, 2.05) is 30.5 Å². The molecule has 0 fully saturated rings. The fourth-order valence-corrected chi connectivity index (χ4v) is 4.19. The van der Waals surface area contributed by atoms with Crippen LogP contribution in [-0.2, 0) is 19.4 Å². The van der Waals surface area contributed by atoms with Crippen LogP contribution in [0, 0.1) is 11.3 Å². The van der Waals surface area contributed by atoms with Gasteiger partial charge in [0.05, 0.1) is 30.0 Å². The van der Waals surface area contributed by atoms with Crippen LogP contribution in [0.5, 0.6) is 0 Å². The minimum atomic E-state index is -0.553. The molecule has 0 bridgehead atoms. The molecule has 0 saturated carbocycles. The highest BCUT2D eigenvalue weighted by Crippen LogP contribution is 2.27. The summed E-state index contributed by atoms with van der Waals surface area (Å²) in [6.45, 7) is 1.32. The zero-order valence-electron chi connectivity index (χ0n) is 13.3. The third kappa shape index (κ3) is 3.97. The first-order chi connectivity index (χ1) is 11.2. The molecular formula is C18H21N3OS. The molecule has 1 aromatic carbocycles. The van der Waals surface area contributed by atoms with E-state index in [4.69, 9.17) is 10.2 Å². The topological polar surface area (TPSA) is 60.1 Å². The van der Waals surface area contributed by atoms with Gasteiger partial charge in [-0.25, -0.2) is 4.98 Å². The molecular weight excluding hydrogens is 306 g/mol. The number of hydrogen-bond donors (Lipinski definition) is 1. The number of nitrogens with zero attached hydrogens (tertiary/aromatic N) is 3. The average molecular weight is 327 g/mol. The van der Waals surface area contributed by atoms with Gasteiger partial charge < -0.3 is 5.11 Å². The van der Waals surface area contributed by atoms with Crippen molar-refractivity contribution >= 4 is 11.3 Å². The van der Waals surface area contributed by atoms with Crippen LogP contribution in [0.15, 0.2) is 24.3 Å². The predicted molar refractivity (Wildman–Crippen MR) is 91.2 cm³/mol. The van der Waals surface area contributed by atoms with E-state index in [1.54, 1.807) is 12.1 Å². The fourth-order valence-electron chi connectivity index (χ4n) is 2.95. The second-order valence-corrected chi connectivity index (χ2v) is 7.30. The molecule has 0 aliphatic heterocycles. The lowest BCUT2D eigenvalue weighted by Gasteiger charge is -2.19. The minimum absolute atomic E-state index is 0.552. The van der Waals surface area contributed by atoms with Crippen molar-refractivity contribution in [1.82, 2.24) is 9.88 Å². The van der Waals surface area contributed by atoms with Gasteiger partial charge in [0.15, 0.2) is 0 Å². The van der Waals surface area contributed by atoms with Gasteiger partial charge in [0, 0.05) is 11.4 Å². The van der Waals surface area contributed by atoms with Crippen LogP contribution in [0.25, 0.3) is 0 Å². The maximum absolute atomic E-state index is 10.4. The summed E-state index contributed by atoms with van der Waals surface area (Å²) in [4.78, 5) is 8.31. The highest BCUT2D eigenvalue weighted by molar-refractivity contribution is 7.11. The monoisotopic (exact) mass is 327 g/mol. The second-order valence-electron chi connectivity index (χ2n) is 6.13. The van der Waals surface area contributed by atoms with Gasteiger partial charge in [-0.1, -0.05) is 12.1 Å². The number of aryl methyl sites for hydroxylation is 2. The summed E-state index contributed by atoms with van der Waals surface area (Å²) in [6, 6.07) is 9.22. The molecule has 1 aromatic heterocycles. The number of rotatable bonds is 5. The highest BCUT2D eigenvalue weighted by Gasteiger charge is 2.17. The number of aliphatic hydroxyl groups excluding tert-OH is 1. The summed E-state index contributed by atoms with van der Waals surface area (Å²) in [5.74, 6) is 0. The predicted octanol–water partition coefficient (Wildman–Crippen LogP) is 3.06. The average Bonchev–Trinajstić information content (AvgIpc) is 2.96. The lowest BCUT2D eigenvalue weighted by Crippen LogP contribution is -2.24. The van der Waals surface area contributed by atoms with E-state index in [1.165, 1.54) is 29.8 Å². The molecule has 23 heavy (non-hydrogen) atoms. The largest absolute Gasteiger partial charge is 0.387 e. The van der Waals surface area contributed by atoms with E-state index in [-0.39, 0.29) is 0 Å². The number of fused-ring (bicyclic) bond motifs is 1. The Hall–Kier alpha value is -1.74. The molecule has 1 unspecified atom stereocenters. The summed E-state index contributed by atoms with van der Waals surface area (Å²) < 4.78 is 0. The SMILES string of the molecule is CN(Cc1nc2c(s1)CCCC2)CC(O)c1ccc(C#N)cc1. The molecule has 1 N–H and O–H groups in total. The zero-order valence-corrected chi connectivity index (χ0v) is 14.1. The standard InChI is InChI=1S/C18H21N3OS/c1-21(11-16(22)14-8-6-13(10-19)7-9-14)12-18-20-15-4-2-3-5-17(15)23-18/h6-9,16,22H,2-5,11-12H2,1H3. The van der Waals surface area contributed by atoms with Gasteiger partial charge in [-0.3, -0.25) is 4.90 Å². The summed E-state index contributed by atoms with van der Waals surface area (Å²) in [5, 5.41) is 20.3. The summed E-state index contributed by atoms with van der Waals surface area (Å²) in [7, 11) is 2.01. The van der Waals surface area contributed by atoms with Gasteiger partial charge in [0.2, 0.25) is 0 Å². The number of benzene rings is 1. The molecule has 3 rings (SSSR count). The van der Waals surface area contributed by atoms with Gasteiger partial charge in [-0.15, -0.1) is 11.3 Å². The van der Waals surface area contributed by atoms with Crippen molar-refractivity contribution in [3.8, 4) is 6.07 Å². The molecule has 1 aliphatic carbocycles. The fraction of sp³-hybridized carbons (Fsp3) is 0.444. The van der Waals surface area contributed by atoms with E-state index in [2.05, 4.69) is 11.0 Å². The van der Waals surface area contributed by atoms with Crippen molar-refractivity contribution in [2.45, 2.75) is 38.3 Å². The molecule has 0 radical (unpaired) electrons. The van der Waals surface area contributed by atoms with Crippen molar-refractivity contribution in [3.05, 3.63) is 51.0 Å². The van der Waals surface area contributed by atoms with Crippen LogP contribution in [-0.4, -0.2) is 28.6 Å². The van der Waals surface area contributed by atoms with E-state index >= 15 is 0 Å². The highest BCUT2D eigenvalue weighted by atomic mass is 32.1. The minimum Gasteiger partial charge on any atom is -0.387 e. The second kappa shape index (κ2) is 7.22. The molecule has 4 nitrogen and oxygen atoms in total. The lowest BCUT2D eigenvalue weighted by molar-refractivity contribution is 0.124. The maximum Gasteiger partial charge on any atom is 0.107 e. The van der Waals surface area contributed by atoms with Crippen molar-refractivity contribution in [2.75, 3.05) is 13.6 Å². The Morgan fingerprint density at radius 1 is 1.30 bits per heavy atom. The maximum atomic E-state index is 10.4. The van der Waals surface area contributed by atoms with Crippen LogP contribution in [0.3, 0.4) is 0 Å². The van der Waals surface area contributed by atoms with E-state index in [0.717, 1.165) is 23.5 Å². The first kappa shape index (κ1) is 16.1. The molecule has 1 heterocycles. The Balaban J connectivity index is 1.58. The van der Waals surface area contributed by atoms with Gasteiger partial charge in [0.1, 0.15) is 5.01 Å². The van der Waals surface area contributed by atoms with Crippen LogP contribution in [0.4, 0.5) is 0 Å². The number of thiazole rings is 1. The summed E-state index contributed by atoms with van der Waals surface area (Å²) >= 11 is 1.82. The van der Waals surface area contributed by atoms with Crippen LogP contribution in [0.2, 0.25) is 0 Å². The number of aromatic nitrogens is 1. The Morgan fingerprint density at radius 2 is 2.04 bits per heavy atom. The third-order valence-corrected chi connectivity index (χ3v) is 5.35. The number of aliphatic hydroxyl groups is 1. The molecule has 1 atom stereocenters. The van der Waals surface area contributed by atoms with E-state index in [0.29, 0.717) is 12.1 Å². The Bertz CT molecular complexity index is 679. The van der Waals surface area contributed by atoms with Gasteiger partial charge in [-0.05, 0) is 50.4 Å². The Kier molecular flexibility index (Phi) is 5.06. The lowest BCUT2D eigenvalue weighted by atomic mass is 10.0. The molecule has 0 spiro atoms. The molecule has 1 aliphatic rings. The third-order valence-electron chi connectivity index (χ3n) is 4.20. The smallest absolute Gasteiger partial charge is 0.107 e. The first-order valence-electron chi connectivity index (χ1n) is 8.00. The van der Waals surface area contributed by atoms with E-state index < -0.39 is 6.10 Å². The van der Waals surface area contributed by atoms with Gasteiger partial charge >= 0.3 is 0 Å². The normalized spacial score (nSPS) is 15.2. The van der Waals surface area contributed by atoms with Crippen molar-refractivity contribution in [1.29, 1.82) is 5.26 Å². The van der Waals surface area contributed by atoms with Crippen molar-refractivity contribution in [2.24, 2.45) is 0 Å². The zero-order chi connectivity index (χ0) is 16.2. The molecule has 5 heteroatoms. The van der Waals surface area contributed by atoms with Crippen molar-refractivity contribution < 1.29 is 5.11 Å². The first-order valence-corrected chi connectivity index (χ1v) is 8.81. The molecule has 120 valence electrons. The van der Waals surface area contributed by atoms with Crippen molar-refractivity contribution in [3.63, 3.8) is 0 Å². The molecule has 0 amide bonds.